The van der Waals surface area contributed by atoms with Crippen LogP contribution in [-0.2, 0) is 9.53 Å². The highest BCUT2D eigenvalue weighted by Gasteiger charge is 2.22. The summed E-state index contributed by atoms with van der Waals surface area (Å²) in [6.45, 7) is 2.96. The van der Waals surface area contributed by atoms with Gasteiger partial charge in [0.15, 0.2) is 0 Å². The normalized spacial score (nSPS) is 23.9. The number of nitrogens with one attached hydrogen (secondary N) is 2. The third kappa shape index (κ3) is 5.56. The summed E-state index contributed by atoms with van der Waals surface area (Å²) in [6, 6.07) is 0. The molecule has 1 saturated carbocycles. The number of rotatable bonds is 4. The van der Waals surface area contributed by atoms with Crippen molar-refractivity contribution in [1.82, 2.24) is 10.6 Å². The molecule has 0 spiro atoms. The third-order valence-electron chi connectivity index (χ3n) is 3.25. The molecule has 17 heavy (non-hydrogen) atoms. The number of ether oxygens (including phenoxy) is 1. The van der Waals surface area contributed by atoms with Gasteiger partial charge in [0.05, 0.1) is 7.11 Å². The van der Waals surface area contributed by atoms with Crippen LogP contribution in [0.1, 0.15) is 32.6 Å². The number of alkyl carbamates (subject to hydrolysis) is 1. The summed E-state index contributed by atoms with van der Waals surface area (Å²) in [5.74, 6) is 1.07. The van der Waals surface area contributed by atoms with Crippen LogP contribution < -0.4 is 10.6 Å². The van der Waals surface area contributed by atoms with Crippen molar-refractivity contribution in [3.63, 3.8) is 0 Å². The van der Waals surface area contributed by atoms with Gasteiger partial charge in [-0.2, -0.15) is 0 Å². The van der Waals surface area contributed by atoms with Gasteiger partial charge in [0.25, 0.3) is 0 Å². The summed E-state index contributed by atoms with van der Waals surface area (Å²) in [5.41, 5.74) is 0. The monoisotopic (exact) mass is 242 g/mol. The Morgan fingerprint density at radius 2 is 1.76 bits per heavy atom. The average Bonchev–Trinajstić information content (AvgIpc) is 2.34. The van der Waals surface area contributed by atoms with Crippen LogP contribution in [0, 0.1) is 11.8 Å². The van der Waals surface area contributed by atoms with Crippen LogP contribution in [0.15, 0.2) is 0 Å². The first-order valence-corrected chi connectivity index (χ1v) is 6.18. The standard InChI is InChI=1S/C12H22N2O3/c1-9(15)13-7-10-4-3-5-11(6-10)8-14-12(16)17-2/h10-11H,3-8H2,1-2H3,(H,13,15)(H,14,16). The highest BCUT2D eigenvalue weighted by molar-refractivity contribution is 5.72. The lowest BCUT2D eigenvalue weighted by molar-refractivity contribution is -0.119. The van der Waals surface area contributed by atoms with Gasteiger partial charge in [0.1, 0.15) is 0 Å². The summed E-state index contributed by atoms with van der Waals surface area (Å²) in [6.07, 6.45) is 4.16. The molecule has 0 bridgehead atoms. The summed E-state index contributed by atoms with van der Waals surface area (Å²) >= 11 is 0. The van der Waals surface area contributed by atoms with Gasteiger partial charge in [-0.1, -0.05) is 6.42 Å². The molecule has 0 heterocycles. The number of carbonyl (C=O) groups is 2. The Hall–Kier alpha value is -1.26. The molecule has 1 aliphatic carbocycles. The van der Waals surface area contributed by atoms with Crippen LogP contribution in [0.3, 0.4) is 0 Å². The predicted molar refractivity (Wildman–Crippen MR) is 64.5 cm³/mol. The van der Waals surface area contributed by atoms with Gasteiger partial charge in [-0.3, -0.25) is 4.79 Å². The van der Waals surface area contributed by atoms with E-state index >= 15 is 0 Å². The van der Waals surface area contributed by atoms with E-state index in [4.69, 9.17) is 0 Å². The molecule has 2 atom stereocenters. The number of hydrogen-bond donors (Lipinski definition) is 2. The predicted octanol–water partition coefficient (Wildman–Crippen LogP) is 1.28. The molecule has 0 aliphatic heterocycles. The molecule has 2 amide bonds. The number of hydrogen-bond acceptors (Lipinski definition) is 3. The molecule has 5 nitrogen and oxygen atoms in total. The molecule has 0 aromatic carbocycles. The smallest absolute Gasteiger partial charge is 0.406 e. The zero-order valence-corrected chi connectivity index (χ0v) is 10.6. The topological polar surface area (TPSA) is 67.4 Å². The highest BCUT2D eigenvalue weighted by atomic mass is 16.5. The highest BCUT2D eigenvalue weighted by Crippen LogP contribution is 2.28. The molecule has 98 valence electrons. The van der Waals surface area contributed by atoms with E-state index in [1.165, 1.54) is 7.11 Å². The summed E-state index contributed by atoms with van der Waals surface area (Å²) in [4.78, 5) is 21.8. The Morgan fingerprint density at radius 1 is 1.18 bits per heavy atom. The van der Waals surface area contributed by atoms with E-state index in [1.807, 2.05) is 0 Å². The van der Waals surface area contributed by atoms with E-state index in [0.29, 0.717) is 18.4 Å². The van der Waals surface area contributed by atoms with E-state index in [9.17, 15) is 9.59 Å². The Bertz CT molecular complexity index is 268. The Kier molecular flexibility index (Phi) is 5.80. The first kappa shape index (κ1) is 13.8. The second kappa shape index (κ2) is 7.14. The van der Waals surface area contributed by atoms with Crippen molar-refractivity contribution in [1.29, 1.82) is 0 Å². The molecule has 0 radical (unpaired) electrons. The molecule has 5 heteroatoms. The minimum Gasteiger partial charge on any atom is -0.453 e. The average molecular weight is 242 g/mol. The summed E-state index contributed by atoms with van der Waals surface area (Å²) in [5, 5.41) is 5.60. The van der Waals surface area contributed by atoms with Crippen molar-refractivity contribution in [3.05, 3.63) is 0 Å². The van der Waals surface area contributed by atoms with Gasteiger partial charge in [-0.15, -0.1) is 0 Å². The molecule has 1 fully saturated rings. The fraction of sp³-hybridized carbons (Fsp3) is 0.833. The molecule has 0 aromatic rings. The first-order chi connectivity index (χ1) is 8.11. The molecular formula is C12H22N2O3. The number of amides is 2. The molecular weight excluding hydrogens is 220 g/mol. The zero-order valence-electron chi connectivity index (χ0n) is 10.6. The van der Waals surface area contributed by atoms with Crippen molar-refractivity contribution in [2.75, 3.05) is 20.2 Å². The van der Waals surface area contributed by atoms with Gasteiger partial charge in [-0.25, -0.2) is 4.79 Å². The summed E-state index contributed by atoms with van der Waals surface area (Å²) < 4.78 is 4.54. The Labute approximate surface area is 102 Å². The lowest BCUT2D eigenvalue weighted by Crippen LogP contribution is -2.35. The zero-order chi connectivity index (χ0) is 12.7. The van der Waals surface area contributed by atoms with Crippen LogP contribution in [0.25, 0.3) is 0 Å². The maximum absolute atomic E-state index is 11.0. The molecule has 1 rings (SSSR count). The molecule has 1 aliphatic rings. The maximum atomic E-state index is 11.0. The van der Waals surface area contributed by atoms with Crippen molar-refractivity contribution >= 4 is 12.0 Å². The Balaban J connectivity index is 2.23. The van der Waals surface area contributed by atoms with Crippen molar-refractivity contribution in [2.45, 2.75) is 32.6 Å². The number of methoxy groups -OCH3 is 1. The van der Waals surface area contributed by atoms with E-state index in [0.717, 1.165) is 32.2 Å². The molecule has 2 unspecified atom stereocenters. The van der Waals surface area contributed by atoms with E-state index in [2.05, 4.69) is 15.4 Å². The Morgan fingerprint density at radius 3 is 2.29 bits per heavy atom. The largest absolute Gasteiger partial charge is 0.453 e. The van der Waals surface area contributed by atoms with Crippen LogP contribution in [-0.4, -0.2) is 32.2 Å². The second-order valence-corrected chi connectivity index (χ2v) is 4.71. The van der Waals surface area contributed by atoms with E-state index < -0.39 is 0 Å². The fourth-order valence-corrected chi connectivity index (χ4v) is 2.36. The molecule has 0 saturated heterocycles. The summed E-state index contributed by atoms with van der Waals surface area (Å²) in [7, 11) is 1.37. The van der Waals surface area contributed by atoms with Gasteiger partial charge in [-0.05, 0) is 31.1 Å². The van der Waals surface area contributed by atoms with Crippen LogP contribution >= 0.6 is 0 Å². The van der Waals surface area contributed by atoms with Crippen molar-refractivity contribution in [2.24, 2.45) is 11.8 Å². The van der Waals surface area contributed by atoms with Crippen LogP contribution in [0.4, 0.5) is 4.79 Å². The minimum absolute atomic E-state index is 0.0276. The lowest BCUT2D eigenvalue weighted by atomic mass is 9.81. The van der Waals surface area contributed by atoms with E-state index in [-0.39, 0.29) is 12.0 Å². The van der Waals surface area contributed by atoms with Crippen molar-refractivity contribution < 1.29 is 14.3 Å². The number of carbonyl (C=O) groups excluding carboxylic acids is 2. The second-order valence-electron chi connectivity index (χ2n) is 4.71. The molecule has 2 N–H and O–H groups in total. The van der Waals surface area contributed by atoms with Crippen LogP contribution in [0.2, 0.25) is 0 Å². The van der Waals surface area contributed by atoms with Crippen molar-refractivity contribution in [3.8, 4) is 0 Å². The SMILES string of the molecule is COC(=O)NCC1CCCC(CNC(C)=O)C1. The van der Waals surface area contributed by atoms with Gasteiger partial charge in [0, 0.05) is 20.0 Å². The van der Waals surface area contributed by atoms with E-state index in [1.54, 1.807) is 6.92 Å². The fourth-order valence-electron chi connectivity index (χ4n) is 2.36. The first-order valence-electron chi connectivity index (χ1n) is 6.18. The lowest BCUT2D eigenvalue weighted by Gasteiger charge is -2.29. The minimum atomic E-state index is -0.367. The maximum Gasteiger partial charge on any atom is 0.406 e. The van der Waals surface area contributed by atoms with Crippen LogP contribution in [0.5, 0.6) is 0 Å². The quantitative estimate of drug-likeness (QED) is 0.780. The van der Waals surface area contributed by atoms with Gasteiger partial charge < -0.3 is 15.4 Å². The van der Waals surface area contributed by atoms with Gasteiger partial charge >= 0.3 is 6.09 Å². The third-order valence-corrected chi connectivity index (χ3v) is 3.25. The molecule has 0 aromatic heterocycles. The van der Waals surface area contributed by atoms with Gasteiger partial charge in [0.2, 0.25) is 5.91 Å².